The highest BCUT2D eigenvalue weighted by Gasteiger charge is 2.19. The number of hydrogen-bond acceptors (Lipinski definition) is 2. The van der Waals surface area contributed by atoms with Crippen LogP contribution >= 0.6 is 11.6 Å². The second kappa shape index (κ2) is 5.76. The first-order valence-electron chi connectivity index (χ1n) is 6.83. The molecule has 1 aliphatic rings. The van der Waals surface area contributed by atoms with Crippen LogP contribution in [0.15, 0.2) is 36.8 Å². The summed E-state index contributed by atoms with van der Waals surface area (Å²) < 4.78 is 2.18. The van der Waals surface area contributed by atoms with Gasteiger partial charge in [0.2, 0.25) is 0 Å². The first-order chi connectivity index (χ1) is 9.34. The average molecular weight is 276 g/mol. The van der Waals surface area contributed by atoms with E-state index in [-0.39, 0.29) is 0 Å². The van der Waals surface area contributed by atoms with Crippen LogP contribution in [0.5, 0.6) is 0 Å². The summed E-state index contributed by atoms with van der Waals surface area (Å²) in [6, 6.07) is 8.70. The minimum absolute atomic E-state index is 0.778. The summed E-state index contributed by atoms with van der Waals surface area (Å²) in [7, 11) is 0. The van der Waals surface area contributed by atoms with Crippen molar-refractivity contribution >= 4 is 11.6 Å². The Balaban J connectivity index is 1.65. The third kappa shape index (κ3) is 3.17. The molecule has 3 rings (SSSR count). The predicted molar refractivity (Wildman–Crippen MR) is 78.3 cm³/mol. The molecule has 1 saturated carbocycles. The van der Waals surface area contributed by atoms with Gasteiger partial charge in [-0.25, -0.2) is 4.98 Å². The standard InChI is InChI=1S/C15H18ClN3/c16-14-5-2-1-4-13(14)15-10-17-11-19(15)9-3-8-18-12-6-7-12/h1-2,4-5,10-12,18H,3,6-9H2. The molecule has 1 aromatic carbocycles. The number of nitrogens with zero attached hydrogens (tertiary/aromatic N) is 2. The largest absolute Gasteiger partial charge is 0.331 e. The second-order valence-electron chi connectivity index (χ2n) is 5.03. The van der Waals surface area contributed by atoms with E-state index in [2.05, 4.69) is 14.9 Å². The van der Waals surface area contributed by atoms with Crippen molar-refractivity contribution in [3.05, 3.63) is 41.8 Å². The molecule has 19 heavy (non-hydrogen) atoms. The van der Waals surface area contributed by atoms with E-state index in [0.717, 1.165) is 41.8 Å². The summed E-state index contributed by atoms with van der Waals surface area (Å²) in [5, 5.41) is 4.31. The zero-order chi connectivity index (χ0) is 13.1. The molecule has 0 unspecified atom stereocenters. The minimum atomic E-state index is 0.778. The Kier molecular flexibility index (Phi) is 3.85. The van der Waals surface area contributed by atoms with Crippen LogP contribution < -0.4 is 5.32 Å². The molecule has 1 heterocycles. The Labute approximate surface area is 118 Å². The van der Waals surface area contributed by atoms with Crippen LogP contribution in [-0.2, 0) is 6.54 Å². The summed E-state index contributed by atoms with van der Waals surface area (Å²) in [5.41, 5.74) is 2.15. The summed E-state index contributed by atoms with van der Waals surface area (Å²) >= 11 is 6.25. The number of nitrogens with one attached hydrogen (secondary N) is 1. The molecule has 0 saturated heterocycles. The van der Waals surface area contributed by atoms with Crippen LogP contribution in [0.2, 0.25) is 5.02 Å². The lowest BCUT2D eigenvalue weighted by Crippen LogP contribution is -2.18. The van der Waals surface area contributed by atoms with Gasteiger partial charge < -0.3 is 9.88 Å². The molecular formula is C15H18ClN3. The molecule has 1 aliphatic carbocycles. The Hall–Kier alpha value is -1.32. The van der Waals surface area contributed by atoms with Gasteiger partial charge in [0.15, 0.2) is 0 Å². The van der Waals surface area contributed by atoms with Gasteiger partial charge in [-0.3, -0.25) is 0 Å². The van der Waals surface area contributed by atoms with Crippen molar-refractivity contribution in [2.45, 2.75) is 31.8 Å². The van der Waals surface area contributed by atoms with Gasteiger partial charge >= 0.3 is 0 Å². The molecule has 0 atom stereocenters. The van der Waals surface area contributed by atoms with Crippen LogP contribution in [0.4, 0.5) is 0 Å². The third-order valence-corrected chi connectivity index (χ3v) is 3.78. The lowest BCUT2D eigenvalue weighted by atomic mass is 10.1. The highest BCUT2D eigenvalue weighted by molar-refractivity contribution is 6.33. The first kappa shape index (κ1) is 12.7. The molecule has 1 N–H and O–H groups in total. The highest BCUT2D eigenvalue weighted by Crippen LogP contribution is 2.27. The van der Waals surface area contributed by atoms with E-state index in [4.69, 9.17) is 11.6 Å². The van der Waals surface area contributed by atoms with Crippen LogP contribution in [0.25, 0.3) is 11.3 Å². The molecular weight excluding hydrogens is 258 g/mol. The molecule has 2 aromatic rings. The Morgan fingerprint density at radius 3 is 2.95 bits per heavy atom. The topological polar surface area (TPSA) is 29.9 Å². The van der Waals surface area contributed by atoms with Gasteiger partial charge in [-0.2, -0.15) is 0 Å². The fourth-order valence-corrected chi connectivity index (χ4v) is 2.47. The maximum absolute atomic E-state index is 6.25. The number of rotatable bonds is 6. The predicted octanol–water partition coefficient (Wildman–Crippen LogP) is 3.35. The van der Waals surface area contributed by atoms with Crippen molar-refractivity contribution in [2.24, 2.45) is 0 Å². The van der Waals surface area contributed by atoms with Gasteiger partial charge in [0.1, 0.15) is 0 Å². The molecule has 100 valence electrons. The van der Waals surface area contributed by atoms with Gasteiger partial charge in [0.05, 0.1) is 18.2 Å². The van der Waals surface area contributed by atoms with E-state index in [9.17, 15) is 0 Å². The van der Waals surface area contributed by atoms with Gasteiger partial charge in [-0.15, -0.1) is 0 Å². The Bertz CT molecular complexity index is 546. The van der Waals surface area contributed by atoms with Crippen molar-refractivity contribution in [3.8, 4) is 11.3 Å². The van der Waals surface area contributed by atoms with E-state index >= 15 is 0 Å². The zero-order valence-electron chi connectivity index (χ0n) is 10.8. The van der Waals surface area contributed by atoms with Crippen molar-refractivity contribution in [3.63, 3.8) is 0 Å². The summed E-state index contributed by atoms with van der Waals surface area (Å²) in [4.78, 5) is 4.25. The minimum Gasteiger partial charge on any atom is -0.331 e. The maximum atomic E-state index is 6.25. The molecule has 1 fully saturated rings. The van der Waals surface area contributed by atoms with E-state index in [1.807, 2.05) is 36.8 Å². The van der Waals surface area contributed by atoms with E-state index in [1.165, 1.54) is 12.8 Å². The quantitative estimate of drug-likeness (QED) is 0.820. The van der Waals surface area contributed by atoms with Crippen molar-refractivity contribution in [1.29, 1.82) is 0 Å². The SMILES string of the molecule is Clc1ccccc1-c1cncn1CCCNC1CC1. The number of aryl methyl sites for hydroxylation is 1. The Morgan fingerprint density at radius 2 is 2.16 bits per heavy atom. The summed E-state index contributed by atoms with van der Waals surface area (Å²) in [5.74, 6) is 0. The molecule has 4 heteroatoms. The third-order valence-electron chi connectivity index (χ3n) is 3.45. The average Bonchev–Trinajstić information content (AvgIpc) is 3.13. The monoisotopic (exact) mass is 275 g/mol. The van der Waals surface area contributed by atoms with Crippen LogP contribution in [0, 0.1) is 0 Å². The maximum Gasteiger partial charge on any atom is 0.0950 e. The molecule has 1 aromatic heterocycles. The number of hydrogen-bond donors (Lipinski definition) is 1. The molecule has 0 bridgehead atoms. The van der Waals surface area contributed by atoms with Gasteiger partial charge in [-0.1, -0.05) is 29.8 Å². The van der Waals surface area contributed by atoms with E-state index < -0.39 is 0 Å². The van der Waals surface area contributed by atoms with Gasteiger partial charge in [0.25, 0.3) is 0 Å². The van der Waals surface area contributed by atoms with Crippen LogP contribution in [-0.4, -0.2) is 22.1 Å². The number of imidazole rings is 1. The summed E-state index contributed by atoms with van der Waals surface area (Å²) in [6.45, 7) is 2.05. The number of benzene rings is 1. The normalized spacial score (nSPS) is 14.8. The molecule has 0 aliphatic heterocycles. The molecule has 0 spiro atoms. The van der Waals surface area contributed by atoms with Gasteiger partial charge in [-0.05, 0) is 31.9 Å². The zero-order valence-corrected chi connectivity index (χ0v) is 11.6. The van der Waals surface area contributed by atoms with Crippen molar-refractivity contribution in [2.75, 3.05) is 6.54 Å². The molecule has 3 nitrogen and oxygen atoms in total. The van der Waals surface area contributed by atoms with Crippen molar-refractivity contribution < 1.29 is 0 Å². The number of aromatic nitrogens is 2. The summed E-state index contributed by atoms with van der Waals surface area (Å²) in [6.07, 6.45) is 7.57. The number of halogens is 1. The second-order valence-corrected chi connectivity index (χ2v) is 5.44. The van der Waals surface area contributed by atoms with Crippen LogP contribution in [0.3, 0.4) is 0 Å². The van der Waals surface area contributed by atoms with Crippen LogP contribution in [0.1, 0.15) is 19.3 Å². The molecule has 0 radical (unpaired) electrons. The van der Waals surface area contributed by atoms with Crippen molar-refractivity contribution in [1.82, 2.24) is 14.9 Å². The first-order valence-corrected chi connectivity index (χ1v) is 7.21. The fraction of sp³-hybridized carbons (Fsp3) is 0.400. The van der Waals surface area contributed by atoms with Gasteiger partial charge in [0, 0.05) is 23.2 Å². The van der Waals surface area contributed by atoms with E-state index in [0.29, 0.717) is 0 Å². The lowest BCUT2D eigenvalue weighted by Gasteiger charge is -2.09. The van der Waals surface area contributed by atoms with E-state index in [1.54, 1.807) is 0 Å². The highest BCUT2D eigenvalue weighted by atomic mass is 35.5. The lowest BCUT2D eigenvalue weighted by molar-refractivity contribution is 0.581. The fourth-order valence-electron chi connectivity index (χ4n) is 2.24. The smallest absolute Gasteiger partial charge is 0.0950 e. The molecule has 0 amide bonds. The Morgan fingerprint density at radius 1 is 1.32 bits per heavy atom.